The molecule has 524 valence electrons. The molecule has 6 aromatic carbocycles. The molecule has 16 rings (SSSR count). The highest BCUT2D eigenvalue weighted by Gasteiger charge is 2.56. The van der Waals surface area contributed by atoms with Crippen LogP contribution in [0.1, 0.15) is 239 Å². The number of aryl methyl sites for hydroxylation is 4. The van der Waals surface area contributed by atoms with Crippen molar-refractivity contribution in [2.24, 2.45) is 0 Å². The SMILES string of the molecule is CCCCCCc1ccc(C2(c3ccc(CCCCCC)cc3)c3c(sc4cc(/C=C5/C(=O)c6ccccc6C5=C(C#N)C#N)sc34)-c3sc4c5c(sc4c32)-c2sc3cc(/C=C4/C(=O)c6ccccc6C4=C(C#N)C#N)sc3c2C5(c2ccc(CCCCCC)cc2)c2ccc(CCCCCC)cc2)cc1. The van der Waals surface area contributed by atoms with Gasteiger partial charge in [-0.05, 0) is 131 Å². The van der Waals surface area contributed by atoms with Crippen molar-refractivity contribution < 1.29 is 9.59 Å². The van der Waals surface area contributed by atoms with Gasteiger partial charge in [0.15, 0.2) is 11.6 Å². The first-order valence-electron chi connectivity index (χ1n) is 38.0. The molecule has 0 radical (unpaired) electrons. The van der Waals surface area contributed by atoms with Crippen molar-refractivity contribution in [2.75, 3.05) is 0 Å². The minimum Gasteiger partial charge on any atom is -0.289 e. The summed E-state index contributed by atoms with van der Waals surface area (Å²) in [6.45, 7) is 9.09. The number of rotatable bonds is 26. The molecule has 0 spiro atoms. The molecule has 0 atom stereocenters. The quantitative estimate of drug-likeness (QED) is 0.0302. The van der Waals surface area contributed by atoms with Gasteiger partial charge in [-0.2, -0.15) is 21.0 Å². The molecule has 0 amide bonds. The number of unbranched alkanes of at least 4 members (excludes halogenated alkanes) is 12. The molecule has 12 aromatic rings. The summed E-state index contributed by atoms with van der Waals surface area (Å²) in [5.41, 5.74) is 17.4. The van der Waals surface area contributed by atoms with Crippen LogP contribution in [-0.4, -0.2) is 11.6 Å². The Bertz CT molecular complexity index is 5300. The van der Waals surface area contributed by atoms with Crippen LogP contribution < -0.4 is 0 Å². The van der Waals surface area contributed by atoms with Gasteiger partial charge in [-0.15, -0.1) is 68.0 Å². The standard InChI is InChI=1S/C94H80N4O2S6/c1-5-9-13-17-25-57-33-41-63(42-34-57)93(64-43-35-58(36-44-64)26-18-14-10-6-2)79-85-75(51-67(101-85)49-73-77(61(53-95)54-96)69-29-21-23-31-71(69)83(73)99)103-87(79)89-81(93)91-92(105-89)82-90(106-91)88-80(86-76(104-88)52-68(102-86)50-74-78(62(55-97)56-98)70-30-22-24-32-72(70)84(74)100)94(82,65-45-37-59(38-46-65)27-19-15-11-7-3)66-47-39-60(40-48-66)28-20-16-12-8-4/h21-24,29-52H,5-20,25-28H2,1-4H3/b73-49+,74-50+. The van der Waals surface area contributed by atoms with E-state index in [0.717, 1.165) is 70.5 Å². The van der Waals surface area contributed by atoms with Crippen molar-refractivity contribution in [3.8, 4) is 43.8 Å². The van der Waals surface area contributed by atoms with Crippen molar-refractivity contribution in [3.63, 3.8) is 0 Å². The highest BCUT2D eigenvalue weighted by Crippen LogP contribution is 2.72. The van der Waals surface area contributed by atoms with Crippen molar-refractivity contribution in [3.05, 3.63) is 279 Å². The number of carbonyl (C=O) groups is 2. The summed E-state index contributed by atoms with van der Waals surface area (Å²) in [7, 11) is 0. The van der Waals surface area contributed by atoms with E-state index in [0.29, 0.717) is 44.5 Å². The van der Waals surface area contributed by atoms with E-state index in [1.54, 1.807) is 34.8 Å². The lowest BCUT2D eigenvalue weighted by molar-refractivity contribution is 0.103. The van der Waals surface area contributed by atoms with E-state index < -0.39 is 10.8 Å². The Balaban J connectivity index is 0.970. The number of thiophene rings is 6. The van der Waals surface area contributed by atoms with Crippen molar-refractivity contribution in [1.82, 2.24) is 0 Å². The third kappa shape index (κ3) is 11.8. The normalized spacial score (nSPS) is 14.9. The van der Waals surface area contributed by atoms with E-state index in [9.17, 15) is 30.6 Å². The Morgan fingerprint density at radius 1 is 0.340 bits per heavy atom. The largest absolute Gasteiger partial charge is 0.289 e. The van der Waals surface area contributed by atoms with E-state index in [2.05, 4.69) is 161 Å². The van der Waals surface area contributed by atoms with Gasteiger partial charge in [-0.1, -0.05) is 250 Å². The molecule has 0 fully saturated rings. The Kier molecular flexibility index (Phi) is 20.1. The van der Waals surface area contributed by atoms with Crippen LogP contribution in [0.15, 0.2) is 180 Å². The van der Waals surface area contributed by atoms with E-state index in [1.807, 2.05) is 93.9 Å². The molecule has 4 aliphatic rings. The first kappa shape index (κ1) is 70.8. The minimum absolute atomic E-state index is 0.0733. The van der Waals surface area contributed by atoms with Crippen LogP contribution in [0.25, 0.3) is 71.0 Å². The number of allylic oxidation sites excluding steroid dienone is 6. The van der Waals surface area contributed by atoms with Gasteiger partial charge in [-0.3, -0.25) is 9.59 Å². The van der Waals surface area contributed by atoms with Crippen molar-refractivity contribution >= 4 is 131 Å². The zero-order valence-electron chi connectivity index (χ0n) is 60.4. The number of ketones is 2. The number of carbonyl (C=O) groups excluding carboxylic acids is 2. The number of hydrogen-bond donors (Lipinski definition) is 0. The zero-order chi connectivity index (χ0) is 72.8. The average Bonchev–Trinajstić information content (AvgIpc) is 1.48. The molecule has 4 aliphatic carbocycles. The first-order chi connectivity index (χ1) is 52.1. The molecule has 6 aromatic heterocycles. The molecule has 0 bridgehead atoms. The van der Waals surface area contributed by atoms with Crippen LogP contribution in [0.2, 0.25) is 0 Å². The van der Waals surface area contributed by atoms with Gasteiger partial charge in [0.25, 0.3) is 0 Å². The predicted octanol–water partition coefficient (Wildman–Crippen LogP) is 26.9. The molecular formula is C94H80N4O2S6. The maximum absolute atomic E-state index is 14.6. The lowest BCUT2D eigenvalue weighted by Crippen LogP contribution is -2.29. The lowest BCUT2D eigenvalue weighted by Gasteiger charge is -2.34. The third-order valence-electron chi connectivity index (χ3n) is 22.5. The zero-order valence-corrected chi connectivity index (χ0v) is 65.3. The topological polar surface area (TPSA) is 129 Å². The Morgan fingerprint density at radius 2 is 0.623 bits per heavy atom. The van der Waals surface area contributed by atoms with Gasteiger partial charge in [0.05, 0.1) is 49.1 Å². The Hall–Kier alpha value is -9.44. The number of fused-ring (bicyclic) bond motifs is 15. The third-order valence-corrected chi connectivity index (χ3v) is 30.1. The van der Waals surface area contributed by atoms with Crippen LogP contribution in [0, 0.1) is 45.3 Å². The summed E-state index contributed by atoms with van der Waals surface area (Å²) in [6.07, 6.45) is 26.8. The molecule has 0 N–H and O–H groups in total. The average molecular weight is 1490 g/mol. The van der Waals surface area contributed by atoms with Gasteiger partial charge in [-0.25, -0.2) is 0 Å². The van der Waals surface area contributed by atoms with E-state index in [4.69, 9.17) is 0 Å². The fraction of sp³-hybridized carbons (Fsp3) is 0.277. The molecule has 0 aliphatic heterocycles. The second-order valence-electron chi connectivity index (χ2n) is 28.9. The molecule has 0 saturated carbocycles. The number of hydrogen-bond acceptors (Lipinski definition) is 12. The summed E-state index contributed by atoms with van der Waals surface area (Å²) >= 11 is 11.0. The van der Waals surface area contributed by atoms with Crippen LogP contribution in [-0.2, 0) is 36.5 Å². The lowest BCUT2D eigenvalue weighted by atomic mass is 9.67. The Labute approximate surface area is 645 Å². The molecule has 12 heteroatoms. The van der Waals surface area contributed by atoms with Crippen LogP contribution >= 0.6 is 68.0 Å². The van der Waals surface area contributed by atoms with Crippen LogP contribution in [0.4, 0.5) is 0 Å². The molecular weight excluding hydrogens is 1410 g/mol. The van der Waals surface area contributed by atoms with Gasteiger partial charge in [0, 0.05) is 74.8 Å². The number of nitrogens with zero attached hydrogens (tertiary/aromatic N) is 4. The number of Topliss-reactive ketones (excluding diaryl/α,β-unsaturated/α-hetero) is 2. The van der Waals surface area contributed by atoms with Gasteiger partial charge in [0.2, 0.25) is 0 Å². The smallest absolute Gasteiger partial charge is 0.194 e. The molecule has 106 heavy (non-hydrogen) atoms. The van der Waals surface area contributed by atoms with Crippen molar-refractivity contribution in [2.45, 2.75) is 167 Å². The van der Waals surface area contributed by atoms with Gasteiger partial charge >= 0.3 is 0 Å². The molecule has 6 nitrogen and oxygen atoms in total. The fourth-order valence-corrected chi connectivity index (χ4v) is 26.1. The Morgan fingerprint density at radius 3 is 0.915 bits per heavy atom. The monoisotopic (exact) mass is 1490 g/mol. The maximum Gasteiger partial charge on any atom is 0.194 e. The number of benzene rings is 6. The van der Waals surface area contributed by atoms with Gasteiger partial charge < -0.3 is 0 Å². The summed E-state index contributed by atoms with van der Waals surface area (Å²) < 4.78 is 7.17. The summed E-state index contributed by atoms with van der Waals surface area (Å²) in [4.78, 5) is 36.1. The summed E-state index contributed by atoms with van der Waals surface area (Å²) in [5.74, 6) is -0.372. The molecule has 6 heterocycles. The fourth-order valence-electron chi connectivity index (χ4n) is 17.3. The second kappa shape index (κ2) is 30.1. The minimum atomic E-state index is -0.806. The summed E-state index contributed by atoms with van der Waals surface area (Å²) in [5, 5.41) is 41.7. The van der Waals surface area contributed by atoms with E-state index in [1.165, 1.54) is 182 Å². The van der Waals surface area contributed by atoms with E-state index >= 15 is 0 Å². The maximum atomic E-state index is 14.6. The first-order valence-corrected chi connectivity index (χ1v) is 42.9. The predicted molar refractivity (Wildman–Crippen MR) is 446 cm³/mol. The summed E-state index contributed by atoms with van der Waals surface area (Å²) in [6, 6.07) is 66.5. The highest BCUT2D eigenvalue weighted by atomic mass is 32.1. The molecule has 0 saturated heterocycles. The van der Waals surface area contributed by atoms with Crippen LogP contribution in [0.5, 0.6) is 0 Å². The number of nitriles is 4. The van der Waals surface area contributed by atoms with Crippen LogP contribution in [0.3, 0.4) is 0 Å². The second-order valence-corrected chi connectivity index (χ2v) is 35.2. The van der Waals surface area contributed by atoms with Gasteiger partial charge in [0.1, 0.15) is 35.4 Å². The molecule has 0 unspecified atom stereocenters. The van der Waals surface area contributed by atoms with E-state index in [-0.39, 0.29) is 22.7 Å². The van der Waals surface area contributed by atoms with Crippen molar-refractivity contribution in [1.29, 1.82) is 21.0 Å². The highest BCUT2D eigenvalue weighted by molar-refractivity contribution is 7.37.